The molecule has 0 radical (unpaired) electrons. The van der Waals surface area contributed by atoms with E-state index in [-0.39, 0.29) is 5.92 Å². The van der Waals surface area contributed by atoms with Gasteiger partial charge in [0.1, 0.15) is 22.8 Å². The van der Waals surface area contributed by atoms with Gasteiger partial charge in [-0.3, -0.25) is 4.79 Å². The van der Waals surface area contributed by atoms with E-state index in [1.807, 2.05) is 30.3 Å². The van der Waals surface area contributed by atoms with Gasteiger partial charge in [0.25, 0.3) is 0 Å². The fourth-order valence-corrected chi connectivity index (χ4v) is 5.75. The molecule has 28 heavy (non-hydrogen) atoms. The van der Waals surface area contributed by atoms with E-state index >= 15 is 0 Å². The van der Waals surface area contributed by atoms with Crippen molar-refractivity contribution in [1.82, 2.24) is 9.29 Å². The summed E-state index contributed by atoms with van der Waals surface area (Å²) in [6.07, 6.45) is 6.63. The number of pyridine rings is 1. The lowest BCUT2D eigenvalue weighted by molar-refractivity contribution is -0.146. The Morgan fingerprint density at radius 2 is 1.89 bits per heavy atom. The molecule has 2 aromatic rings. The predicted molar refractivity (Wildman–Crippen MR) is 105 cm³/mol. The molecule has 2 heterocycles. The van der Waals surface area contributed by atoms with Crippen molar-refractivity contribution in [3.63, 3.8) is 0 Å². The van der Waals surface area contributed by atoms with Crippen molar-refractivity contribution in [3.8, 4) is 11.6 Å². The van der Waals surface area contributed by atoms with Crippen molar-refractivity contribution >= 4 is 17.0 Å². The normalized spacial score (nSPS) is 26.2. The number of carbonyl (C=O) groups is 1. The molecule has 4 atom stereocenters. The Kier molecular flexibility index (Phi) is 5.73. The zero-order valence-electron chi connectivity index (χ0n) is 15.6. The summed E-state index contributed by atoms with van der Waals surface area (Å²) in [5.74, 6) is 0.726. The molecule has 4 unspecified atom stereocenters. The Labute approximate surface area is 167 Å². The molecule has 7 heteroatoms. The molecule has 1 saturated heterocycles. The van der Waals surface area contributed by atoms with Crippen LogP contribution in [0.4, 0.5) is 0 Å². The number of aliphatic carboxylic acids is 1. The first kappa shape index (κ1) is 19.1. The number of aromatic nitrogens is 1. The van der Waals surface area contributed by atoms with Crippen LogP contribution in [0.15, 0.2) is 53.6 Å². The maximum absolute atomic E-state index is 13.2. The smallest absolute Gasteiger partial charge is 0.322 e. The summed E-state index contributed by atoms with van der Waals surface area (Å²) in [6.45, 7) is 0.535. The highest BCUT2D eigenvalue weighted by atomic mass is 32.2. The van der Waals surface area contributed by atoms with Gasteiger partial charge in [-0.25, -0.2) is 13.5 Å². The quantitative estimate of drug-likeness (QED) is 0.824. The molecule has 2 aliphatic rings. The summed E-state index contributed by atoms with van der Waals surface area (Å²) in [6, 6.07) is 12.0. The summed E-state index contributed by atoms with van der Waals surface area (Å²) >= 11 is 0. The second-order valence-electron chi connectivity index (χ2n) is 7.42. The van der Waals surface area contributed by atoms with Crippen LogP contribution in [0.1, 0.15) is 32.1 Å². The number of piperidine rings is 1. The minimum atomic E-state index is -1.56. The van der Waals surface area contributed by atoms with Gasteiger partial charge < -0.3 is 9.84 Å². The van der Waals surface area contributed by atoms with E-state index in [1.54, 1.807) is 16.4 Å². The zero-order chi connectivity index (χ0) is 19.5. The average Bonchev–Trinajstić information content (AvgIpc) is 2.73. The topological polar surface area (TPSA) is 79.7 Å². The van der Waals surface area contributed by atoms with E-state index < -0.39 is 23.0 Å². The minimum Gasteiger partial charge on any atom is -0.480 e. The van der Waals surface area contributed by atoms with Gasteiger partial charge in [-0.05, 0) is 42.9 Å². The van der Waals surface area contributed by atoms with Gasteiger partial charge >= 0.3 is 5.97 Å². The number of fused-ring (bicyclic) bond motifs is 1. The molecule has 0 amide bonds. The number of benzene rings is 1. The molecule has 0 bridgehead atoms. The number of rotatable bonds is 5. The van der Waals surface area contributed by atoms with Crippen molar-refractivity contribution in [2.24, 2.45) is 11.8 Å². The van der Waals surface area contributed by atoms with Crippen LogP contribution in [0.5, 0.6) is 11.6 Å². The summed E-state index contributed by atoms with van der Waals surface area (Å²) in [5.41, 5.74) is 0. The molecular formula is C21H24N2O4S. The lowest BCUT2D eigenvalue weighted by atomic mass is 9.71. The summed E-state index contributed by atoms with van der Waals surface area (Å²) in [7, 11) is -1.56. The third-order valence-electron chi connectivity index (χ3n) is 5.75. The monoisotopic (exact) mass is 400 g/mol. The molecule has 1 saturated carbocycles. The van der Waals surface area contributed by atoms with Crippen LogP contribution in [0.2, 0.25) is 0 Å². The summed E-state index contributed by atoms with van der Waals surface area (Å²) < 4.78 is 20.5. The van der Waals surface area contributed by atoms with Crippen LogP contribution < -0.4 is 4.74 Å². The van der Waals surface area contributed by atoms with Crippen molar-refractivity contribution in [1.29, 1.82) is 0 Å². The van der Waals surface area contributed by atoms with Gasteiger partial charge in [-0.15, -0.1) is 0 Å². The molecule has 1 N–H and O–H groups in total. The van der Waals surface area contributed by atoms with Crippen molar-refractivity contribution in [2.45, 2.75) is 43.0 Å². The summed E-state index contributed by atoms with van der Waals surface area (Å²) in [4.78, 5) is 16.8. The Morgan fingerprint density at radius 1 is 1.11 bits per heavy atom. The standard InChI is InChI=1S/C21H24N2O4S/c24-21(25)20-18-9-5-4-6-15(18)12-13-23(20)28(26)17-10-11-19(22-14-17)27-16-7-2-1-3-8-16/h1-3,7-8,10-11,14-15,18,20H,4-6,9,12-13H2,(H,24,25). The first-order valence-corrected chi connectivity index (χ1v) is 10.8. The van der Waals surface area contributed by atoms with Gasteiger partial charge in [-0.2, -0.15) is 0 Å². The van der Waals surface area contributed by atoms with Crippen molar-refractivity contribution in [2.75, 3.05) is 6.54 Å². The van der Waals surface area contributed by atoms with Crippen LogP contribution in [-0.4, -0.2) is 37.2 Å². The molecule has 1 aliphatic heterocycles. The van der Waals surface area contributed by atoms with Gasteiger partial charge in [-0.1, -0.05) is 37.5 Å². The second-order valence-corrected chi connectivity index (χ2v) is 8.86. The SMILES string of the molecule is O=C(O)C1C2CCCCC2CCN1S(=O)c1ccc(Oc2ccccc2)nc1. The number of carboxylic acid groups (broad SMARTS) is 1. The predicted octanol–water partition coefficient (Wildman–Crippen LogP) is 3.86. The molecule has 148 valence electrons. The van der Waals surface area contributed by atoms with E-state index in [4.69, 9.17) is 4.74 Å². The fraction of sp³-hybridized carbons (Fsp3) is 0.429. The second kappa shape index (κ2) is 8.41. The van der Waals surface area contributed by atoms with Crippen molar-refractivity contribution < 1.29 is 18.8 Å². The van der Waals surface area contributed by atoms with Gasteiger partial charge in [0, 0.05) is 18.8 Å². The molecule has 0 spiro atoms. The van der Waals surface area contributed by atoms with E-state index in [2.05, 4.69) is 4.98 Å². The van der Waals surface area contributed by atoms with Gasteiger partial charge in [0.05, 0.1) is 4.90 Å². The van der Waals surface area contributed by atoms with Crippen LogP contribution >= 0.6 is 0 Å². The lowest BCUT2D eigenvalue weighted by Crippen LogP contribution is -2.54. The van der Waals surface area contributed by atoms with Crippen molar-refractivity contribution in [3.05, 3.63) is 48.7 Å². The fourth-order valence-electron chi connectivity index (χ4n) is 4.42. The van der Waals surface area contributed by atoms with Gasteiger partial charge in [0.15, 0.2) is 0 Å². The third kappa shape index (κ3) is 3.95. The van der Waals surface area contributed by atoms with Gasteiger partial charge in [0.2, 0.25) is 5.88 Å². The van der Waals surface area contributed by atoms with E-state index in [9.17, 15) is 14.1 Å². The number of carboxylic acids is 1. The summed E-state index contributed by atoms with van der Waals surface area (Å²) in [5, 5.41) is 9.84. The Hall–Kier alpha value is -2.25. The first-order chi connectivity index (χ1) is 13.6. The number of hydrogen-bond donors (Lipinski definition) is 1. The Balaban J connectivity index is 1.50. The zero-order valence-corrected chi connectivity index (χ0v) is 16.4. The van der Waals surface area contributed by atoms with E-state index in [1.165, 1.54) is 12.6 Å². The van der Waals surface area contributed by atoms with Crippen LogP contribution in [0.3, 0.4) is 0 Å². The minimum absolute atomic E-state index is 0.0811. The van der Waals surface area contributed by atoms with E-state index in [0.717, 1.165) is 25.7 Å². The number of hydrogen-bond acceptors (Lipinski definition) is 4. The average molecular weight is 401 g/mol. The maximum atomic E-state index is 13.2. The molecule has 1 aromatic heterocycles. The molecule has 1 aromatic carbocycles. The first-order valence-electron chi connectivity index (χ1n) is 9.74. The number of para-hydroxylation sites is 1. The molecule has 4 rings (SSSR count). The molecular weight excluding hydrogens is 376 g/mol. The molecule has 6 nitrogen and oxygen atoms in total. The highest BCUT2D eigenvalue weighted by Gasteiger charge is 2.45. The van der Waals surface area contributed by atoms with Crippen LogP contribution in [0, 0.1) is 11.8 Å². The Bertz CT molecular complexity index is 843. The highest BCUT2D eigenvalue weighted by molar-refractivity contribution is 7.82. The van der Waals surface area contributed by atoms with Crippen LogP contribution in [0.25, 0.3) is 0 Å². The van der Waals surface area contributed by atoms with E-state index in [0.29, 0.717) is 29.0 Å². The number of ether oxygens (including phenoxy) is 1. The maximum Gasteiger partial charge on any atom is 0.322 e. The largest absolute Gasteiger partial charge is 0.480 e. The molecule has 2 fully saturated rings. The van der Waals surface area contributed by atoms with Crippen LogP contribution in [-0.2, 0) is 15.8 Å². The lowest BCUT2D eigenvalue weighted by Gasteiger charge is -2.44. The number of nitrogens with zero attached hydrogens (tertiary/aromatic N) is 2. The Morgan fingerprint density at radius 3 is 2.61 bits per heavy atom. The molecule has 1 aliphatic carbocycles. The highest BCUT2D eigenvalue weighted by Crippen LogP contribution is 2.41. The third-order valence-corrected chi connectivity index (χ3v) is 7.23.